The Kier molecular flexibility index (Phi) is 10.3. The molecule has 0 aromatic carbocycles. The predicted octanol–water partition coefficient (Wildman–Crippen LogP) is 2.99. The molecule has 2 N–H and O–H groups in total. The number of hydrogen-bond donors (Lipinski definition) is 2. The second-order valence-electron chi connectivity index (χ2n) is 6.15. The minimum atomic E-state index is 0. The molecule has 1 aliphatic rings. The smallest absolute Gasteiger partial charge is 0.220 e. The van der Waals surface area contributed by atoms with Crippen LogP contribution in [0.4, 0.5) is 0 Å². The van der Waals surface area contributed by atoms with Gasteiger partial charge in [0.15, 0.2) is 0 Å². The van der Waals surface area contributed by atoms with Crippen LogP contribution in [0.1, 0.15) is 52.9 Å². The Labute approximate surface area is 124 Å². The Hall–Kier alpha value is -0.280. The van der Waals surface area contributed by atoms with Crippen LogP contribution in [0.3, 0.4) is 0 Å². The molecule has 4 heteroatoms. The SMILES string of the molecule is CC(C)CCCNC(=O)CC(C)C1CCNCC1.Cl. The Bertz CT molecular complexity index is 240. The van der Waals surface area contributed by atoms with Crippen molar-refractivity contribution in [1.82, 2.24) is 10.6 Å². The molecule has 1 fully saturated rings. The lowest BCUT2D eigenvalue weighted by atomic mass is 9.84. The molecule has 0 aromatic heterocycles. The normalized spacial score (nSPS) is 17.9. The molecule has 1 atom stereocenters. The molecular weight excluding hydrogens is 260 g/mol. The average Bonchev–Trinajstić information content (AvgIpc) is 2.35. The first kappa shape index (κ1) is 18.7. The van der Waals surface area contributed by atoms with Crippen LogP contribution in [-0.2, 0) is 4.79 Å². The van der Waals surface area contributed by atoms with Gasteiger partial charge in [0.1, 0.15) is 0 Å². The molecule has 19 heavy (non-hydrogen) atoms. The Morgan fingerprint density at radius 1 is 1.26 bits per heavy atom. The zero-order valence-electron chi connectivity index (χ0n) is 12.7. The van der Waals surface area contributed by atoms with Gasteiger partial charge in [-0.05, 0) is 56.5 Å². The highest BCUT2D eigenvalue weighted by molar-refractivity contribution is 5.85. The van der Waals surface area contributed by atoms with E-state index in [4.69, 9.17) is 0 Å². The van der Waals surface area contributed by atoms with Crippen LogP contribution < -0.4 is 10.6 Å². The molecule has 1 unspecified atom stereocenters. The van der Waals surface area contributed by atoms with E-state index in [9.17, 15) is 4.79 Å². The number of rotatable bonds is 7. The van der Waals surface area contributed by atoms with Crippen molar-refractivity contribution in [3.8, 4) is 0 Å². The summed E-state index contributed by atoms with van der Waals surface area (Å²) in [6, 6.07) is 0. The summed E-state index contributed by atoms with van der Waals surface area (Å²) in [5, 5.41) is 6.43. The van der Waals surface area contributed by atoms with Gasteiger partial charge in [-0.3, -0.25) is 4.79 Å². The largest absolute Gasteiger partial charge is 0.356 e. The lowest BCUT2D eigenvalue weighted by Crippen LogP contribution is -2.33. The molecule has 3 nitrogen and oxygen atoms in total. The van der Waals surface area contributed by atoms with Crippen LogP contribution in [0, 0.1) is 17.8 Å². The molecule has 1 heterocycles. The third-order valence-corrected chi connectivity index (χ3v) is 3.98. The minimum absolute atomic E-state index is 0. The van der Waals surface area contributed by atoms with Gasteiger partial charge >= 0.3 is 0 Å². The highest BCUT2D eigenvalue weighted by Crippen LogP contribution is 2.24. The summed E-state index contributed by atoms with van der Waals surface area (Å²) in [6.45, 7) is 9.75. The van der Waals surface area contributed by atoms with Crippen molar-refractivity contribution in [2.45, 2.75) is 52.9 Å². The lowest BCUT2D eigenvalue weighted by Gasteiger charge is -2.27. The zero-order chi connectivity index (χ0) is 13.4. The summed E-state index contributed by atoms with van der Waals surface area (Å²) in [6.07, 6.45) is 5.45. The number of carbonyl (C=O) groups is 1. The number of nitrogens with one attached hydrogen (secondary N) is 2. The van der Waals surface area contributed by atoms with Crippen molar-refractivity contribution in [2.75, 3.05) is 19.6 Å². The van der Waals surface area contributed by atoms with Gasteiger partial charge in [-0.1, -0.05) is 20.8 Å². The summed E-state index contributed by atoms with van der Waals surface area (Å²) >= 11 is 0. The van der Waals surface area contributed by atoms with Gasteiger partial charge in [0.2, 0.25) is 5.91 Å². The van der Waals surface area contributed by atoms with Crippen molar-refractivity contribution in [1.29, 1.82) is 0 Å². The Morgan fingerprint density at radius 2 is 1.89 bits per heavy atom. The van der Waals surface area contributed by atoms with Gasteiger partial charge in [-0.2, -0.15) is 0 Å². The average molecular weight is 291 g/mol. The van der Waals surface area contributed by atoms with Crippen LogP contribution >= 0.6 is 12.4 Å². The Balaban J connectivity index is 0.00000324. The minimum Gasteiger partial charge on any atom is -0.356 e. The van der Waals surface area contributed by atoms with Gasteiger partial charge in [0.25, 0.3) is 0 Å². The standard InChI is InChI=1S/C15H30N2O.ClH/c1-12(2)5-4-8-17-15(18)11-13(3)14-6-9-16-10-7-14;/h12-14,16H,4-11H2,1-3H3,(H,17,18);1H. The number of hydrogen-bond acceptors (Lipinski definition) is 2. The fourth-order valence-corrected chi connectivity index (χ4v) is 2.68. The van der Waals surface area contributed by atoms with Gasteiger partial charge in [0, 0.05) is 13.0 Å². The summed E-state index contributed by atoms with van der Waals surface area (Å²) in [4.78, 5) is 11.8. The first-order valence-electron chi connectivity index (χ1n) is 7.57. The van der Waals surface area contributed by atoms with Crippen LogP contribution in [-0.4, -0.2) is 25.5 Å². The summed E-state index contributed by atoms with van der Waals surface area (Å²) in [7, 11) is 0. The molecule has 0 aliphatic carbocycles. The van der Waals surface area contributed by atoms with Gasteiger partial charge in [-0.15, -0.1) is 12.4 Å². The summed E-state index contributed by atoms with van der Waals surface area (Å²) in [5.74, 6) is 2.23. The zero-order valence-corrected chi connectivity index (χ0v) is 13.5. The fourth-order valence-electron chi connectivity index (χ4n) is 2.68. The monoisotopic (exact) mass is 290 g/mol. The van der Waals surface area contributed by atoms with Crippen molar-refractivity contribution < 1.29 is 4.79 Å². The summed E-state index contributed by atoms with van der Waals surface area (Å²) < 4.78 is 0. The number of carbonyl (C=O) groups excluding carboxylic acids is 1. The molecule has 1 aliphatic heterocycles. The lowest BCUT2D eigenvalue weighted by molar-refractivity contribution is -0.122. The van der Waals surface area contributed by atoms with E-state index in [1.807, 2.05) is 0 Å². The van der Waals surface area contributed by atoms with Gasteiger partial charge < -0.3 is 10.6 Å². The van der Waals surface area contributed by atoms with E-state index in [-0.39, 0.29) is 18.3 Å². The molecule has 0 aromatic rings. The quantitative estimate of drug-likeness (QED) is 0.708. The van der Waals surface area contributed by atoms with Crippen molar-refractivity contribution in [3.05, 3.63) is 0 Å². The highest BCUT2D eigenvalue weighted by atomic mass is 35.5. The van der Waals surface area contributed by atoms with Gasteiger partial charge in [0.05, 0.1) is 0 Å². The van der Waals surface area contributed by atoms with E-state index in [2.05, 4.69) is 31.4 Å². The molecule has 1 amide bonds. The van der Waals surface area contributed by atoms with Crippen molar-refractivity contribution >= 4 is 18.3 Å². The van der Waals surface area contributed by atoms with Gasteiger partial charge in [-0.25, -0.2) is 0 Å². The fraction of sp³-hybridized carbons (Fsp3) is 0.933. The molecule has 0 radical (unpaired) electrons. The molecule has 0 spiro atoms. The van der Waals surface area contributed by atoms with E-state index >= 15 is 0 Å². The second kappa shape index (κ2) is 10.5. The molecule has 1 rings (SSSR count). The molecule has 114 valence electrons. The van der Waals surface area contributed by atoms with E-state index in [0.717, 1.165) is 37.9 Å². The van der Waals surface area contributed by atoms with Crippen LogP contribution in [0.25, 0.3) is 0 Å². The van der Waals surface area contributed by atoms with E-state index in [1.165, 1.54) is 19.3 Å². The highest BCUT2D eigenvalue weighted by Gasteiger charge is 2.21. The summed E-state index contributed by atoms with van der Waals surface area (Å²) in [5.41, 5.74) is 0. The molecular formula is C15H31ClN2O. The maximum atomic E-state index is 11.8. The topological polar surface area (TPSA) is 41.1 Å². The van der Waals surface area contributed by atoms with Crippen LogP contribution in [0.15, 0.2) is 0 Å². The number of amides is 1. The van der Waals surface area contributed by atoms with E-state index in [0.29, 0.717) is 12.3 Å². The maximum Gasteiger partial charge on any atom is 0.220 e. The Morgan fingerprint density at radius 3 is 2.47 bits per heavy atom. The second-order valence-corrected chi connectivity index (χ2v) is 6.15. The first-order chi connectivity index (χ1) is 8.59. The van der Waals surface area contributed by atoms with Crippen molar-refractivity contribution in [2.24, 2.45) is 17.8 Å². The van der Waals surface area contributed by atoms with E-state index < -0.39 is 0 Å². The van der Waals surface area contributed by atoms with E-state index in [1.54, 1.807) is 0 Å². The number of piperidine rings is 1. The molecule has 1 saturated heterocycles. The number of halogens is 1. The van der Waals surface area contributed by atoms with Crippen LogP contribution in [0.5, 0.6) is 0 Å². The van der Waals surface area contributed by atoms with Crippen molar-refractivity contribution in [3.63, 3.8) is 0 Å². The molecule has 0 saturated carbocycles. The predicted molar refractivity (Wildman–Crippen MR) is 83.7 cm³/mol. The molecule has 0 bridgehead atoms. The third-order valence-electron chi connectivity index (χ3n) is 3.98. The first-order valence-corrected chi connectivity index (χ1v) is 7.57. The van der Waals surface area contributed by atoms with Crippen LogP contribution in [0.2, 0.25) is 0 Å². The maximum absolute atomic E-state index is 11.8. The third kappa shape index (κ3) is 8.48.